The molecule has 2 unspecified atom stereocenters. The lowest BCUT2D eigenvalue weighted by Crippen LogP contribution is -2.44. The van der Waals surface area contributed by atoms with Crippen LogP contribution in [0.3, 0.4) is 0 Å². The number of hydrogen-bond acceptors (Lipinski definition) is 4. The predicted octanol–water partition coefficient (Wildman–Crippen LogP) is 2.93. The van der Waals surface area contributed by atoms with Crippen LogP contribution in [0.2, 0.25) is 0 Å². The first kappa shape index (κ1) is 23.5. The van der Waals surface area contributed by atoms with Crippen molar-refractivity contribution in [3.8, 4) is 0 Å². The largest absolute Gasteiger partial charge is 0.373 e. The van der Waals surface area contributed by atoms with Crippen LogP contribution in [0.4, 0.5) is 4.79 Å². The van der Waals surface area contributed by atoms with Crippen LogP contribution in [-0.2, 0) is 22.6 Å². The zero-order valence-electron chi connectivity index (χ0n) is 19.0. The number of nitrogens with one attached hydrogen (secondary N) is 3. The Bertz CT molecular complexity index is 693. The van der Waals surface area contributed by atoms with Gasteiger partial charge in [-0.05, 0) is 37.8 Å². The molecule has 3 rings (SSSR count). The highest BCUT2D eigenvalue weighted by Crippen LogP contribution is 2.17. The fourth-order valence-corrected chi connectivity index (χ4v) is 4.50. The average molecular weight is 431 g/mol. The molecule has 2 aliphatic rings. The van der Waals surface area contributed by atoms with E-state index in [1.807, 2.05) is 0 Å². The third kappa shape index (κ3) is 8.50. The van der Waals surface area contributed by atoms with Gasteiger partial charge in [-0.2, -0.15) is 0 Å². The number of carbonyl (C=O) groups excluding carboxylic acids is 2. The average Bonchev–Trinajstić information content (AvgIpc) is 2.73. The summed E-state index contributed by atoms with van der Waals surface area (Å²) in [6, 6.07) is 8.50. The van der Waals surface area contributed by atoms with E-state index in [1.54, 1.807) is 0 Å². The summed E-state index contributed by atoms with van der Waals surface area (Å²) in [5.41, 5.74) is 2.34. The fourth-order valence-electron chi connectivity index (χ4n) is 4.50. The van der Waals surface area contributed by atoms with Gasteiger partial charge in [0.1, 0.15) is 0 Å². The summed E-state index contributed by atoms with van der Waals surface area (Å²) in [4.78, 5) is 26.4. The molecule has 0 radical (unpaired) electrons. The molecule has 1 heterocycles. The molecular weight excluding hydrogens is 392 g/mol. The van der Waals surface area contributed by atoms with Gasteiger partial charge in [0.25, 0.3) is 0 Å². The fraction of sp³-hybridized carbons (Fsp3) is 0.667. The topological polar surface area (TPSA) is 82.7 Å². The van der Waals surface area contributed by atoms with Crippen molar-refractivity contribution < 1.29 is 14.3 Å². The van der Waals surface area contributed by atoms with Crippen molar-refractivity contribution in [1.82, 2.24) is 20.9 Å². The lowest BCUT2D eigenvalue weighted by molar-refractivity contribution is -0.121. The molecule has 2 fully saturated rings. The Labute approximate surface area is 186 Å². The molecule has 1 saturated carbocycles. The molecular formula is C24H38N4O3. The molecule has 2 atom stereocenters. The number of carbonyl (C=O) groups is 2. The van der Waals surface area contributed by atoms with E-state index in [-0.39, 0.29) is 36.6 Å². The van der Waals surface area contributed by atoms with E-state index in [1.165, 1.54) is 24.8 Å². The Morgan fingerprint density at radius 2 is 1.61 bits per heavy atom. The Balaban J connectivity index is 1.30. The first-order valence-electron chi connectivity index (χ1n) is 11.7. The van der Waals surface area contributed by atoms with E-state index in [9.17, 15) is 9.59 Å². The highest BCUT2D eigenvalue weighted by atomic mass is 16.5. The van der Waals surface area contributed by atoms with Crippen molar-refractivity contribution in [2.75, 3.05) is 19.6 Å². The van der Waals surface area contributed by atoms with Crippen LogP contribution >= 0.6 is 0 Å². The van der Waals surface area contributed by atoms with Gasteiger partial charge in [0.2, 0.25) is 5.91 Å². The number of amides is 3. The summed E-state index contributed by atoms with van der Waals surface area (Å²) in [7, 11) is 0. The van der Waals surface area contributed by atoms with Crippen LogP contribution in [-0.4, -0.2) is 54.7 Å². The number of nitrogens with zero attached hydrogens (tertiary/aromatic N) is 1. The molecule has 7 nitrogen and oxygen atoms in total. The van der Waals surface area contributed by atoms with Gasteiger partial charge < -0.3 is 20.7 Å². The maximum atomic E-state index is 12.1. The standard InChI is InChI=1S/C24H38N4O3/c1-18-15-28(16-19(2)31-18)17-21-10-8-20(9-11-21)14-26-23(29)12-13-25-24(30)27-22-6-4-3-5-7-22/h8-11,18-19,22H,3-7,12-17H2,1-2H3,(H,26,29)(H2,25,27,30). The van der Waals surface area contributed by atoms with E-state index in [4.69, 9.17) is 4.74 Å². The van der Waals surface area contributed by atoms with Crippen LogP contribution < -0.4 is 16.0 Å². The van der Waals surface area contributed by atoms with Crippen molar-refractivity contribution in [3.05, 3.63) is 35.4 Å². The highest BCUT2D eigenvalue weighted by Gasteiger charge is 2.22. The van der Waals surface area contributed by atoms with E-state index in [0.717, 1.165) is 38.0 Å². The number of rotatable bonds is 8. The van der Waals surface area contributed by atoms with Crippen molar-refractivity contribution >= 4 is 11.9 Å². The van der Waals surface area contributed by atoms with Gasteiger partial charge in [-0.15, -0.1) is 0 Å². The lowest BCUT2D eigenvalue weighted by Gasteiger charge is -2.35. The zero-order chi connectivity index (χ0) is 22.1. The highest BCUT2D eigenvalue weighted by molar-refractivity contribution is 5.78. The van der Waals surface area contributed by atoms with Gasteiger partial charge in [-0.25, -0.2) is 4.79 Å². The van der Waals surface area contributed by atoms with E-state index in [2.05, 4.69) is 59.0 Å². The van der Waals surface area contributed by atoms with Crippen LogP contribution in [0, 0.1) is 0 Å². The number of morpholine rings is 1. The Morgan fingerprint density at radius 3 is 2.29 bits per heavy atom. The van der Waals surface area contributed by atoms with Crippen molar-refractivity contribution in [2.24, 2.45) is 0 Å². The van der Waals surface area contributed by atoms with Gasteiger partial charge in [0, 0.05) is 45.2 Å². The van der Waals surface area contributed by atoms with E-state index >= 15 is 0 Å². The maximum absolute atomic E-state index is 12.1. The molecule has 1 aromatic carbocycles. The Kier molecular flexibility index (Phi) is 9.15. The second kappa shape index (κ2) is 12.1. The Hall–Kier alpha value is -2.12. The molecule has 1 aliphatic heterocycles. The van der Waals surface area contributed by atoms with Gasteiger partial charge in [-0.1, -0.05) is 43.5 Å². The van der Waals surface area contributed by atoms with Crippen molar-refractivity contribution in [1.29, 1.82) is 0 Å². The quantitative estimate of drug-likeness (QED) is 0.592. The van der Waals surface area contributed by atoms with Gasteiger partial charge in [0.15, 0.2) is 0 Å². The van der Waals surface area contributed by atoms with Crippen molar-refractivity contribution in [3.63, 3.8) is 0 Å². The van der Waals surface area contributed by atoms with Gasteiger partial charge in [0.05, 0.1) is 12.2 Å². The summed E-state index contributed by atoms with van der Waals surface area (Å²) in [5, 5.41) is 8.71. The number of benzene rings is 1. The summed E-state index contributed by atoms with van der Waals surface area (Å²) >= 11 is 0. The van der Waals surface area contributed by atoms with Crippen LogP contribution in [0.25, 0.3) is 0 Å². The molecule has 0 aromatic heterocycles. The minimum atomic E-state index is -0.167. The third-order valence-electron chi connectivity index (χ3n) is 5.99. The monoisotopic (exact) mass is 430 g/mol. The van der Waals surface area contributed by atoms with Gasteiger partial charge in [-0.3, -0.25) is 9.69 Å². The molecule has 1 saturated heterocycles. The third-order valence-corrected chi connectivity index (χ3v) is 5.99. The number of ether oxygens (including phenoxy) is 1. The predicted molar refractivity (Wildman–Crippen MR) is 122 cm³/mol. The van der Waals surface area contributed by atoms with Crippen LogP contribution in [0.15, 0.2) is 24.3 Å². The second-order valence-corrected chi connectivity index (χ2v) is 9.03. The molecule has 1 aliphatic carbocycles. The molecule has 3 amide bonds. The Morgan fingerprint density at radius 1 is 0.968 bits per heavy atom. The minimum absolute atomic E-state index is 0.0571. The zero-order valence-corrected chi connectivity index (χ0v) is 19.0. The molecule has 0 bridgehead atoms. The van der Waals surface area contributed by atoms with E-state index in [0.29, 0.717) is 13.1 Å². The molecule has 3 N–H and O–H groups in total. The molecule has 7 heteroatoms. The second-order valence-electron chi connectivity index (χ2n) is 9.03. The number of hydrogen-bond donors (Lipinski definition) is 3. The molecule has 31 heavy (non-hydrogen) atoms. The SMILES string of the molecule is CC1CN(Cc2ccc(CNC(=O)CCNC(=O)NC3CCCCC3)cc2)CC(C)O1. The number of urea groups is 1. The summed E-state index contributed by atoms with van der Waals surface area (Å²) in [5.74, 6) is -0.0571. The van der Waals surface area contributed by atoms with Crippen LogP contribution in [0.1, 0.15) is 63.5 Å². The smallest absolute Gasteiger partial charge is 0.315 e. The minimum Gasteiger partial charge on any atom is -0.373 e. The maximum Gasteiger partial charge on any atom is 0.315 e. The van der Waals surface area contributed by atoms with Crippen molar-refractivity contribution in [2.45, 2.75) is 83.7 Å². The molecule has 0 spiro atoms. The lowest BCUT2D eigenvalue weighted by atomic mass is 9.96. The van der Waals surface area contributed by atoms with Gasteiger partial charge >= 0.3 is 6.03 Å². The summed E-state index contributed by atoms with van der Waals surface area (Å²) in [6.45, 7) is 7.90. The molecule has 172 valence electrons. The summed E-state index contributed by atoms with van der Waals surface area (Å²) < 4.78 is 5.79. The van der Waals surface area contributed by atoms with Crippen LogP contribution in [0.5, 0.6) is 0 Å². The first-order valence-corrected chi connectivity index (χ1v) is 11.7. The molecule has 1 aromatic rings. The van der Waals surface area contributed by atoms with E-state index < -0.39 is 0 Å². The summed E-state index contributed by atoms with van der Waals surface area (Å²) in [6.07, 6.45) is 6.55. The first-order chi connectivity index (χ1) is 15.0. The normalized spacial score (nSPS) is 22.6.